The summed E-state index contributed by atoms with van der Waals surface area (Å²) in [6, 6.07) is 0. The Morgan fingerprint density at radius 2 is 2.62 bits per heavy atom. The Kier molecular flexibility index (Phi) is 2.28. The fraction of sp³-hybridized carbons (Fsp3) is 0.500. The van der Waals surface area contributed by atoms with Crippen LogP contribution in [0.3, 0.4) is 0 Å². The Balaban J connectivity index is 2.06. The SMILES string of the molecule is O=C(c1nccs1)N1CC[C@@H](O)C1. The molecule has 1 aromatic rings. The van der Waals surface area contributed by atoms with Gasteiger partial charge in [0.05, 0.1) is 6.10 Å². The Bertz CT molecular complexity index is 299. The van der Waals surface area contributed by atoms with Crippen molar-refractivity contribution < 1.29 is 9.90 Å². The standard InChI is InChI=1S/C8H10N2O2S/c11-6-1-3-10(5-6)8(12)7-9-2-4-13-7/h2,4,6,11H,1,3,5H2/t6-/m1/s1. The molecule has 70 valence electrons. The number of carbonyl (C=O) groups is 1. The summed E-state index contributed by atoms with van der Waals surface area (Å²) in [5, 5.41) is 11.5. The Labute approximate surface area is 79.8 Å². The molecule has 1 aliphatic heterocycles. The van der Waals surface area contributed by atoms with Gasteiger partial charge in [-0.25, -0.2) is 4.98 Å². The third-order valence-electron chi connectivity index (χ3n) is 2.07. The number of hydrogen-bond donors (Lipinski definition) is 1. The van der Waals surface area contributed by atoms with E-state index in [4.69, 9.17) is 0 Å². The molecule has 1 N–H and O–H groups in total. The number of thiazole rings is 1. The number of nitrogens with zero attached hydrogens (tertiary/aromatic N) is 2. The summed E-state index contributed by atoms with van der Waals surface area (Å²) in [6.45, 7) is 1.08. The largest absolute Gasteiger partial charge is 0.391 e. The van der Waals surface area contributed by atoms with E-state index in [1.807, 2.05) is 0 Å². The highest BCUT2D eigenvalue weighted by Crippen LogP contribution is 2.14. The highest BCUT2D eigenvalue weighted by Gasteiger charge is 2.26. The molecule has 1 fully saturated rings. The molecule has 1 amide bonds. The van der Waals surface area contributed by atoms with E-state index in [2.05, 4.69) is 4.98 Å². The van der Waals surface area contributed by atoms with Gasteiger partial charge in [-0.15, -0.1) is 11.3 Å². The smallest absolute Gasteiger partial charge is 0.282 e. The van der Waals surface area contributed by atoms with Crippen LogP contribution in [0.2, 0.25) is 0 Å². The van der Waals surface area contributed by atoms with Crippen LogP contribution in [-0.4, -0.2) is 40.1 Å². The second-order valence-corrected chi connectivity index (χ2v) is 3.93. The third-order valence-corrected chi connectivity index (χ3v) is 2.83. The number of carbonyl (C=O) groups excluding carboxylic acids is 1. The number of likely N-dealkylation sites (tertiary alicyclic amines) is 1. The van der Waals surface area contributed by atoms with Crippen molar-refractivity contribution in [1.29, 1.82) is 0 Å². The van der Waals surface area contributed by atoms with E-state index >= 15 is 0 Å². The first-order valence-electron chi connectivity index (χ1n) is 4.14. The lowest BCUT2D eigenvalue weighted by atomic mass is 10.3. The molecule has 1 saturated heterocycles. The van der Waals surface area contributed by atoms with Crippen LogP contribution in [0.5, 0.6) is 0 Å². The minimum absolute atomic E-state index is 0.0634. The molecule has 2 rings (SSSR count). The average molecular weight is 198 g/mol. The van der Waals surface area contributed by atoms with Crippen LogP contribution in [0.4, 0.5) is 0 Å². The van der Waals surface area contributed by atoms with E-state index in [0.717, 1.165) is 0 Å². The second kappa shape index (κ2) is 3.43. The summed E-state index contributed by atoms with van der Waals surface area (Å²) >= 11 is 1.34. The highest BCUT2D eigenvalue weighted by atomic mass is 32.1. The zero-order chi connectivity index (χ0) is 9.26. The van der Waals surface area contributed by atoms with Gasteiger partial charge in [0, 0.05) is 24.7 Å². The number of aliphatic hydroxyl groups is 1. The van der Waals surface area contributed by atoms with E-state index in [0.29, 0.717) is 24.5 Å². The third kappa shape index (κ3) is 1.71. The first-order valence-corrected chi connectivity index (χ1v) is 5.02. The van der Waals surface area contributed by atoms with Crippen LogP contribution < -0.4 is 0 Å². The number of rotatable bonds is 1. The summed E-state index contributed by atoms with van der Waals surface area (Å²) in [4.78, 5) is 17.2. The van der Waals surface area contributed by atoms with Gasteiger partial charge in [0.1, 0.15) is 0 Å². The second-order valence-electron chi connectivity index (χ2n) is 3.03. The lowest BCUT2D eigenvalue weighted by molar-refractivity contribution is 0.0764. The molecule has 0 bridgehead atoms. The molecule has 2 heterocycles. The van der Waals surface area contributed by atoms with Gasteiger partial charge < -0.3 is 10.0 Å². The first-order chi connectivity index (χ1) is 6.27. The van der Waals surface area contributed by atoms with Crippen molar-refractivity contribution in [2.75, 3.05) is 13.1 Å². The summed E-state index contributed by atoms with van der Waals surface area (Å²) in [7, 11) is 0. The van der Waals surface area contributed by atoms with E-state index in [-0.39, 0.29) is 12.0 Å². The van der Waals surface area contributed by atoms with Crippen LogP contribution in [0.15, 0.2) is 11.6 Å². The van der Waals surface area contributed by atoms with Gasteiger partial charge in [-0.2, -0.15) is 0 Å². The summed E-state index contributed by atoms with van der Waals surface area (Å²) in [5.41, 5.74) is 0. The van der Waals surface area contributed by atoms with E-state index < -0.39 is 0 Å². The van der Waals surface area contributed by atoms with Gasteiger partial charge in [-0.05, 0) is 6.42 Å². The molecule has 1 aliphatic rings. The fourth-order valence-corrected chi connectivity index (χ4v) is 1.99. The molecule has 1 atom stereocenters. The van der Waals surface area contributed by atoms with Gasteiger partial charge in [0.15, 0.2) is 5.01 Å². The van der Waals surface area contributed by atoms with Crippen molar-refractivity contribution in [1.82, 2.24) is 9.88 Å². The van der Waals surface area contributed by atoms with Crippen molar-refractivity contribution in [3.63, 3.8) is 0 Å². The minimum atomic E-state index is -0.357. The maximum absolute atomic E-state index is 11.6. The Morgan fingerprint density at radius 1 is 1.77 bits per heavy atom. The molecule has 5 heteroatoms. The van der Waals surface area contributed by atoms with E-state index in [9.17, 15) is 9.90 Å². The monoisotopic (exact) mass is 198 g/mol. The molecule has 13 heavy (non-hydrogen) atoms. The zero-order valence-corrected chi connectivity index (χ0v) is 7.83. The molecule has 0 unspecified atom stereocenters. The first kappa shape index (κ1) is 8.65. The number of amides is 1. The Hall–Kier alpha value is -0.940. The summed E-state index contributed by atoms with van der Waals surface area (Å²) in [6.07, 6.45) is 1.94. The number of aliphatic hydroxyl groups excluding tert-OH is 1. The van der Waals surface area contributed by atoms with Gasteiger partial charge in [-0.1, -0.05) is 0 Å². The van der Waals surface area contributed by atoms with Gasteiger partial charge in [0.25, 0.3) is 5.91 Å². The quantitative estimate of drug-likeness (QED) is 0.708. The van der Waals surface area contributed by atoms with Crippen LogP contribution in [-0.2, 0) is 0 Å². The molecular formula is C8H10N2O2S. The number of hydrogen-bond acceptors (Lipinski definition) is 4. The van der Waals surface area contributed by atoms with E-state index in [1.165, 1.54) is 11.3 Å². The zero-order valence-electron chi connectivity index (χ0n) is 7.01. The van der Waals surface area contributed by atoms with Gasteiger partial charge in [0.2, 0.25) is 0 Å². The van der Waals surface area contributed by atoms with Crippen molar-refractivity contribution in [2.24, 2.45) is 0 Å². The van der Waals surface area contributed by atoms with Crippen molar-refractivity contribution in [2.45, 2.75) is 12.5 Å². The van der Waals surface area contributed by atoms with Crippen LogP contribution in [0.25, 0.3) is 0 Å². The van der Waals surface area contributed by atoms with Crippen molar-refractivity contribution in [3.8, 4) is 0 Å². The minimum Gasteiger partial charge on any atom is -0.391 e. The lowest BCUT2D eigenvalue weighted by Crippen LogP contribution is -2.29. The van der Waals surface area contributed by atoms with Crippen molar-refractivity contribution >= 4 is 17.2 Å². The molecule has 0 aromatic carbocycles. The number of β-amino-alcohol motifs (C(OH)–C–C–N with tert-alkyl or cyclic N) is 1. The summed E-state index contributed by atoms with van der Waals surface area (Å²) < 4.78 is 0. The van der Waals surface area contributed by atoms with Crippen LogP contribution in [0.1, 0.15) is 16.2 Å². The van der Waals surface area contributed by atoms with Gasteiger partial charge >= 0.3 is 0 Å². The predicted molar refractivity (Wildman–Crippen MR) is 48.6 cm³/mol. The molecule has 0 spiro atoms. The molecular weight excluding hydrogens is 188 g/mol. The predicted octanol–water partition coefficient (Wildman–Crippen LogP) is 0.350. The Morgan fingerprint density at radius 3 is 3.15 bits per heavy atom. The average Bonchev–Trinajstić information content (AvgIpc) is 2.72. The molecule has 0 radical (unpaired) electrons. The fourth-order valence-electron chi connectivity index (χ4n) is 1.39. The maximum atomic E-state index is 11.6. The van der Waals surface area contributed by atoms with Crippen LogP contribution >= 0.6 is 11.3 Å². The molecule has 1 aromatic heterocycles. The maximum Gasteiger partial charge on any atom is 0.282 e. The van der Waals surface area contributed by atoms with Gasteiger partial charge in [-0.3, -0.25) is 4.79 Å². The topological polar surface area (TPSA) is 53.4 Å². The normalized spacial score (nSPS) is 22.2. The summed E-state index contributed by atoms with van der Waals surface area (Å²) in [5.74, 6) is -0.0634. The number of aromatic nitrogens is 1. The lowest BCUT2D eigenvalue weighted by Gasteiger charge is -2.12. The molecule has 0 saturated carbocycles. The molecule has 4 nitrogen and oxygen atoms in total. The molecule has 0 aliphatic carbocycles. The van der Waals surface area contributed by atoms with E-state index in [1.54, 1.807) is 16.5 Å². The highest BCUT2D eigenvalue weighted by molar-refractivity contribution is 7.11. The van der Waals surface area contributed by atoms with Crippen molar-refractivity contribution in [3.05, 3.63) is 16.6 Å². The van der Waals surface area contributed by atoms with Crippen LogP contribution in [0, 0.1) is 0 Å².